The number of nitrogens with zero attached hydrogens (tertiary/aromatic N) is 2. The Bertz CT molecular complexity index is 319. The Hall–Kier alpha value is -0.800. The van der Waals surface area contributed by atoms with Gasteiger partial charge in [0.1, 0.15) is 17.7 Å². The summed E-state index contributed by atoms with van der Waals surface area (Å²) in [5, 5.41) is 0.528. The summed E-state index contributed by atoms with van der Waals surface area (Å²) in [6.45, 7) is 4.58. The van der Waals surface area contributed by atoms with Crippen molar-refractivity contribution < 1.29 is 4.74 Å². The van der Waals surface area contributed by atoms with E-state index in [4.69, 9.17) is 16.3 Å². The number of hydrogen-bond donors (Lipinski definition) is 0. The van der Waals surface area contributed by atoms with Crippen molar-refractivity contribution in [1.82, 2.24) is 4.98 Å². The van der Waals surface area contributed by atoms with E-state index in [1.807, 2.05) is 12.1 Å². The molecule has 1 aliphatic rings. The SMILES string of the molecule is CC1COCN(c2cccc(Cl)n2)C1. The van der Waals surface area contributed by atoms with Gasteiger partial charge in [0, 0.05) is 6.54 Å². The van der Waals surface area contributed by atoms with Crippen LogP contribution in [0.3, 0.4) is 0 Å². The Morgan fingerprint density at radius 2 is 2.43 bits per heavy atom. The van der Waals surface area contributed by atoms with Crippen LogP contribution in [0.2, 0.25) is 5.15 Å². The quantitative estimate of drug-likeness (QED) is 0.668. The lowest BCUT2D eigenvalue weighted by Gasteiger charge is -2.31. The molecule has 1 unspecified atom stereocenters. The molecule has 3 nitrogen and oxygen atoms in total. The highest BCUT2D eigenvalue weighted by Crippen LogP contribution is 2.18. The maximum absolute atomic E-state index is 5.82. The van der Waals surface area contributed by atoms with Crippen LogP contribution in [-0.4, -0.2) is 24.9 Å². The third-order valence-electron chi connectivity index (χ3n) is 2.21. The van der Waals surface area contributed by atoms with Crippen LogP contribution in [-0.2, 0) is 4.74 Å². The maximum atomic E-state index is 5.82. The van der Waals surface area contributed by atoms with Crippen LogP contribution in [0.25, 0.3) is 0 Å². The summed E-state index contributed by atoms with van der Waals surface area (Å²) in [6.07, 6.45) is 0. The standard InChI is InChI=1S/C10H13ClN2O/c1-8-5-13(7-14-6-8)10-4-2-3-9(11)12-10/h2-4,8H,5-7H2,1H3. The van der Waals surface area contributed by atoms with E-state index < -0.39 is 0 Å². The zero-order valence-electron chi connectivity index (χ0n) is 8.11. The van der Waals surface area contributed by atoms with Crippen LogP contribution < -0.4 is 4.90 Å². The van der Waals surface area contributed by atoms with Crippen molar-refractivity contribution in [2.75, 3.05) is 24.8 Å². The van der Waals surface area contributed by atoms with Crippen LogP contribution >= 0.6 is 11.6 Å². The number of anilines is 1. The summed E-state index contributed by atoms with van der Waals surface area (Å²) >= 11 is 5.82. The van der Waals surface area contributed by atoms with Gasteiger partial charge in [0.2, 0.25) is 0 Å². The Morgan fingerprint density at radius 3 is 3.14 bits per heavy atom. The van der Waals surface area contributed by atoms with Crippen LogP contribution in [0.15, 0.2) is 18.2 Å². The zero-order valence-corrected chi connectivity index (χ0v) is 8.87. The van der Waals surface area contributed by atoms with Gasteiger partial charge in [0.25, 0.3) is 0 Å². The van der Waals surface area contributed by atoms with E-state index in [9.17, 15) is 0 Å². The molecule has 1 aliphatic heterocycles. The molecule has 0 bridgehead atoms. The predicted octanol–water partition coefficient (Wildman–Crippen LogP) is 2.17. The molecule has 2 heterocycles. The predicted molar refractivity (Wildman–Crippen MR) is 56.6 cm³/mol. The van der Waals surface area contributed by atoms with Gasteiger partial charge in [-0.15, -0.1) is 0 Å². The van der Waals surface area contributed by atoms with Gasteiger partial charge in [-0.1, -0.05) is 24.6 Å². The summed E-state index contributed by atoms with van der Waals surface area (Å²) in [4.78, 5) is 6.34. The van der Waals surface area contributed by atoms with Gasteiger partial charge < -0.3 is 9.64 Å². The highest BCUT2D eigenvalue weighted by Gasteiger charge is 2.17. The summed E-state index contributed by atoms with van der Waals surface area (Å²) in [6, 6.07) is 5.64. The normalized spacial score (nSPS) is 22.4. The average Bonchev–Trinajstić information content (AvgIpc) is 2.18. The first-order chi connectivity index (χ1) is 6.75. The number of rotatable bonds is 1. The van der Waals surface area contributed by atoms with Gasteiger partial charge >= 0.3 is 0 Å². The smallest absolute Gasteiger partial charge is 0.132 e. The molecule has 1 aromatic heterocycles. The number of hydrogen-bond acceptors (Lipinski definition) is 3. The van der Waals surface area contributed by atoms with Crippen molar-refractivity contribution in [3.05, 3.63) is 23.4 Å². The Labute approximate surface area is 88.6 Å². The van der Waals surface area contributed by atoms with Crippen molar-refractivity contribution in [2.24, 2.45) is 5.92 Å². The van der Waals surface area contributed by atoms with Crippen LogP contribution in [0.1, 0.15) is 6.92 Å². The molecule has 1 fully saturated rings. The summed E-state index contributed by atoms with van der Waals surface area (Å²) in [7, 11) is 0. The molecule has 76 valence electrons. The number of aromatic nitrogens is 1. The second kappa shape index (κ2) is 4.15. The van der Waals surface area contributed by atoms with E-state index in [1.165, 1.54) is 0 Å². The number of ether oxygens (including phenoxy) is 1. The molecule has 0 N–H and O–H groups in total. The second-order valence-corrected chi connectivity index (χ2v) is 4.03. The third-order valence-corrected chi connectivity index (χ3v) is 2.42. The number of pyridine rings is 1. The van der Waals surface area contributed by atoms with E-state index in [0.717, 1.165) is 19.0 Å². The molecular formula is C10H13ClN2O. The molecule has 2 rings (SSSR count). The summed E-state index contributed by atoms with van der Waals surface area (Å²) in [5.41, 5.74) is 0. The first kappa shape index (κ1) is 9.74. The maximum Gasteiger partial charge on any atom is 0.132 e. The van der Waals surface area contributed by atoms with E-state index in [1.54, 1.807) is 6.07 Å². The van der Waals surface area contributed by atoms with Crippen molar-refractivity contribution >= 4 is 17.4 Å². The molecule has 4 heteroatoms. The van der Waals surface area contributed by atoms with E-state index >= 15 is 0 Å². The van der Waals surface area contributed by atoms with Gasteiger partial charge in [-0.3, -0.25) is 0 Å². The van der Waals surface area contributed by atoms with Crippen molar-refractivity contribution in [1.29, 1.82) is 0 Å². The van der Waals surface area contributed by atoms with Crippen LogP contribution in [0.5, 0.6) is 0 Å². The summed E-state index contributed by atoms with van der Waals surface area (Å²) < 4.78 is 5.43. The van der Waals surface area contributed by atoms with Crippen molar-refractivity contribution in [2.45, 2.75) is 6.92 Å². The first-order valence-corrected chi connectivity index (χ1v) is 5.09. The number of halogens is 1. The molecule has 0 spiro atoms. The van der Waals surface area contributed by atoms with E-state index in [-0.39, 0.29) is 0 Å². The molecule has 14 heavy (non-hydrogen) atoms. The minimum absolute atomic E-state index is 0.528. The zero-order chi connectivity index (χ0) is 9.97. The molecule has 0 aliphatic carbocycles. The van der Waals surface area contributed by atoms with E-state index in [0.29, 0.717) is 17.8 Å². The van der Waals surface area contributed by atoms with Gasteiger partial charge in [-0.05, 0) is 18.1 Å². The fourth-order valence-electron chi connectivity index (χ4n) is 1.58. The minimum Gasteiger partial charge on any atom is -0.361 e. The molecule has 0 aromatic carbocycles. The van der Waals surface area contributed by atoms with E-state index in [2.05, 4.69) is 16.8 Å². The average molecular weight is 213 g/mol. The molecule has 0 amide bonds. The molecule has 0 saturated carbocycles. The molecule has 0 radical (unpaired) electrons. The van der Waals surface area contributed by atoms with Crippen molar-refractivity contribution in [3.8, 4) is 0 Å². The largest absolute Gasteiger partial charge is 0.361 e. The first-order valence-electron chi connectivity index (χ1n) is 4.71. The van der Waals surface area contributed by atoms with Gasteiger partial charge in [-0.2, -0.15) is 0 Å². The topological polar surface area (TPSA) is 25.4 Å². The second-order valence-electron chi connectivity index (χ2n) is 3.65. The third kappa shape index (κ3) is 2.16. The molecule has 1 atom stereocenters. The Morgan fingerprint density at radius 1 is 1.57 bits per heavy atom. The van der Waals surface area contributed by atoms with Crippen LogP contribution in [0.4, 0.5) is 5.82 Å². The lowest BCUT2D eigenvalue weighted by Crippen LogP contribution is -2.38. The van der Waals surface area contributed by atoms with Crippen LogP contribution in [0, 0.1) is 5.92 Å². The molecule has 1 saturated heterocycles. The lowest BCUT2D eigenvalue weighted by atomic mass is 10.1. The molecular weight excluding hydrogens is 200 g/mol. The Kier molecular flexibility index (Phi) is 2.89. The lowest BCUT2D eigenvalue weighted by molar-refractivity contribution is 0.0737. The monoisotopic (exact) mass is 212 g/mol. The highest BCUT2D eigenvalue weighted by molar-refractivity contribution is 6.29. The minimum atomic E-state index is 0.528. The Balaban J connectivity index is 2.14. The van der Waals surface area contributed by atoms with Gasteiger partial charge in [-0.25, -0.2) is 4.98 Å². The fraction of sp³-hybridized carbons (Fsp3) is 0.500. The highest BCUT2D eigenvalue weighted by atomic mass is 35.5. The summed E-state index contributed by atoms with van der Waals surface area (Å²) in [5.74, 6) is 1.44. The van der Waals surface area contributed by atoms with Crippen molar-refractivity contribution in [3.63, 3.8) is 0 Å². The van der Waals surface area contributed by atoms with Gasteiger partial charge in [0.15, 0.2) is 0 Å². The molecule has 1 aromatic rings. The van der Waals surface area contributed by atoms with Gasteiger partial charge in [0.05, 0.1) is 6.61 Å². The fourth-order valence-corrected chi connectivity index (χ4v) is 1.74.